The molecule has 4 N–H and O–H groups in total. The molecule has 0 saturated carbocycles. The van der Waals surface area contributed by atoms with Gasteiger partial charge in [-0.3, -0.25) is 39.4 Å². The molecule has 2 rings (SSSR count). The van der Waals surface area contributed by atoms with Gasteiger partial charge in [0.05, 0.1) is 10.5 Å². The Morgan fingerprint density at radius 1 is 0.769 bits per heavy atom. The highest BCUT2D eigenvalue weighted by molar-refractivity contribution is 8.00. The Labute approximate surface area is 240 Å². The van der Waals surface area contributed by atoms with Crippen molar-refractivity contribution in [2.75, 3.05) is 18.1 Å². The van der Waals surface area contributed by atoms with E-state index in [1.54, 1.807) is 0 Å². The van der Waals surface area contributed by atoms with Crippen LogP contribution in [0, 0.1) is 0 Å². The first-order chi connectivity index (χ1) is 18.8. The fourth-order valence-corrected chi connectivity index (χ4v) is 6.69. The van der Waals surface area contributed by atoms with Gasteiger partial charge < -0.3 is 10.6 Å². The summed E-state index contributed by atoms with van der Waals surface area (Å²) in [7, 11) is 0. The summed E-state index contributed by atoms with van der Waals surface area (Å²) in [4.78, 5) is 69.7. The van der Waals surface area contributed by atoms with Crippen molar-refractivity contribution >= 4 is 59.0 Å². The number of unbranched alkanes of at least 4 members (excludes halogenated alkanes) is 5. The maximum absolute atomic E-state index is 12.3. The predicted octanol–water partition coefficient (Wildman–Crippen LogP) is 2.59. The lowest BCUT2D eigenvalue weighted by Gasteiger charge is -2.17. The van der Waals surface area contributed by atoms with E-state index >= 15 is 0 Å². The second-order valence-electron chi connectivity index (χ2n) is 10.1. The van der Waals surface area contributed by atoms with Gasteiger partial charge in [-0.2, -0.15) is 0 Å². The summed E-state index contributed by atoms with van der Waals surface area (Å²) in [5, 5.41) is 10.2. The molecule has 6 amide bonds. The summed E-state index contributed by atoms with van der Waals surface area (Å²) >= 11 is 3.03. The number of hydrogen-bond acceptors (Lipinski definition) is 8. The Morgan fingerprint density at radius 2 is 1.31 bits per heavy atom. The maximum Gasteiger partial charge on any atom is 0.240 e. The summed E-state index contributed by atoms with van der Waals surface area (Å²) in [5.74, 6) is 0.984. The van der Waals surface area contributed by atoms with E-state index < -0.39 is 0 Å². The van der Waals surface area contributed by atoms with Gasteiger partial charge in [-0.1, -0.05) is 19.8 Å². The second-order valence-corrected chi connectivity index (χ2v) is 12.7. The summed E-state index contributed by atoms with van der Waals surface area (Å²) < 4.78 is 0. The molecule has 2 heterocycles. The highest BCUT2D eigenvalue weighted by Gasteiger charge is 2.31. The van der Waals surface area contributed by atoms with Crippen LogP contribution in [0.3, 0.4) is 0 Å². The SMILES string of the molecule is CC[C@H](CCCCNC(=O)CCCCCSC1CC(=O)NC1=O)NC(=O)CCCCCSC1CC(=O)NC1=O. The number of rotatable bonds is 21. The third-order valence-electron chi connectivity index (χ3n) is 6.75. The van der Waals surface area contributed by atoms with Gasteiger partial charge >= 0.3 is 0 Å². The molecule has 220 valence electrons. The number of hydrogen-bond donors (Lipinski definition) is 4. The summed E-state index contributed by atoms with van der Waals surface area (Å²) in [6.07, 6.45) is 10.4. The van der Waals surface area contributed by atoms with Crippen LogP contribution in [0.4, 0.5) is 0 Å². The summed E-state index contributed by atoms with van der Waals surface area (Å²) in [6.45, 7) is 2.70. The van der Waals surface area contributed by atoms with Crippen molar-refractivity contribution in [2.45, 2.75) is 113 Å². The average Bonchev–Trinajstić information content (AvgIpc) is 3.39. The van der Waals surface area contributed by atoms with Gasteiger partial charge in [-0.05, 0) is 62.9 Å². The van der Waals surface area contributed by atoms with Crippen LogP contribution in [0.1, 0.15) is 96.8 Å². The first-order valence-corrected chi connectivity index (χ1v) is 16.3. The molecule has 0 bridgehead atoms. The van der Waals surface area contributed by atoms with Gasteiger partial charge in [0.2, 0.25) is 35.4 Å². The number of thioether (sulfide) groups is 2. The molecule has 10 nitrogen and oxygen atoms in total. The number of nitrogens with one attached hydrogen (secondary N) is 4. The number of carbonyl (C=O) groups is 6. The van der Waals surface area contributed by atoms with Crippen LogP contribution < -0.4 is 21.3 Å². The fraction of sp³-hybridized carbons (Fsp3) is 0.778. The molecule has 2 aliphatic heterocycles. The smallest absolute Gasteiger partial charge is 0.240 e. The van der Waals surface area contributed by atoms with Gasteiger partial charge in [0, 0.05) is 38.3 Å². The van der Waals surface area contributed by atoms with E-state index in [9.17, 15) is 28.8 Å². The van der Waals surface area contributed by atoms with Crippen molar-refractivity contribution in [3.8, 4) is 0 Å². The van der Waals surface area contributed by atoms with E-state index in [0.717, 1.165) is 75.7 Å². The number of amides is 6. The topological polar surface area (TPSA) is 151 Å². The van der Waals surface area contributed by atoms with Gasteiger partial charge in [0.1, 0.15) is 0 Å². The first-order valence-electron chi connectivity index (χ1n) is 14.2. The van der Waals surface area contributed by atoms with Gasteiger partial charge in [0.15, 0.2) is 0 Å². The van der Waals surface area contributed by atoms with Crippen LogP contribution in [-0.2, 0) is 28.8 Å². The normalized spacial score (nSPS) is 19.6. The molecule has 0 aromatic rings. The van der Waals surface area contributed by atoms with Crippen molar-refractivity contribution in [2.24, 2.45) is 0 Å². The summed E-state index contributed by atoms with van der Waals surface area (Å²) in [5.41, 5.74) is 0. The van der Waals surface area contributed by atoms with Crippen LogP contribution in [0.25, 0.3) is 0 Å². The minimum Gasteiger partial charge on any atom is -0.356 e. The third-order valence-corrected chi connectivity index (χ3v) is 9.36. The van der Waals surface area contributed by atoms with Crippen LogP contribution in [0.5, 0.6) is 0 Å². The average molecular weight is 585 g/mol. The van der Waals surface area contributed by atoms with Crippen molar-refractivity contribution in [3.05, 3.63) is 0 Å². The summed E-state index contributed by atoms with van der Waals surface area (Å²) in [6, 6.07) is 0.147. The zero-order chi connectivity index (χ0) is 28.5. The molecule has 0 radical (unpaired) electrons. The predicted molar refractivity (Wildman–Crippen MR) is 154 cm³/mol. The Bertz CT molecular complexity index is 856. The number of imide groups is 2. The molecule has 2 fully saturated rings. The molecule has 0 aliphatic carbocycles. The van der Waals surface area contributed by atoms with E-state index in [1.807, 2.05) is 0 Å². The van der Waals surface area contributed by atoms with E-state index in [-0.39, 0.29) is 64.8 Å². The molecule has 0 aromatic carbocycles. The quantitative estimate of drug-likeness (QED) is 0.119. The fourth-order valence-electron chi connectivity index (χ4n) is 4.42. The molecular weight excluding hydrogens is 540 g/mol. The lowest BCUT2D eigenvalue weighted by atomic mass is 10.1. The Hall–Kier alpha value is -2.08. The lowest BCUT2D eigenvalue weighted by molar-refractivity contribution is -0.126. The monoisotopic (exact) mass is 584 g/mol. The van der Waals surface area contributed by atoms with Crippen molar-refractivity contribution < 1.29 is 28.8 Å². The first kappa shape index (κ1) is 33.1. The molecule has 39 heavy (non-hydrogen) atoms. The van der Waals surface area contributed by atoms with Crippen LogP contribution >= 0.6 is 23.5 Å². The Morgan fingerprint density at radius 3 is 1.79 bits per heavy atom. The van der Waals surface area contributed by atoms with Crippen LogP contribution in [0.2, 0.25) is 0 Å². The lowest BCUT2D eigenvalue weighted by Crippen LogP contribution is -2.34. The minimum absolute atomic E-state index is 0.0576. The molecule has 0 spiro atoms. The number of carbonyl (C=O) groups excluding carboxylic acids is 6. The van der Waals surface area contributed by atoms with E-state index in [0.29, 0.717) is 19.4 Å². The zero-order valence-electron chi connectivity index (χ0n) is 23.0. The molecule has 0 aromatic heterocycles. The highest BCUT2D eigenvalue weighted by Crippen LogP contribution is 2.22. The second kappa shape index (κ2) is 19.1. The highest BCUT2D eigenvalue weighted by atomic mass is 32.2. The molecule has 2 unspecified atom stereocenters. The maximum atomic E-state index is 12.3. The van der Waals surface area contributed by atoms with Gasteiger partial charge in [-0.25, -0.2) is 0 Å². The molecule has 3 atom stereocenters. The van der Waals surface area contributed by atoms with Gasteiger partial charge in [-0.15, -0.1) is 23.5 Å². The third kappa shape index (κ3) is 14.2. The molecular formula is C27H44N4O6S2. The van der Waals surface area contributed by atoms with Gasteiger partial charge in [0.25, 0.3) is 0 Å². The molecule has 2 aliphatic rings. The Kier molecular flexibility index (Phi) is 16.2. The standard InChI is InChI=1S/C27H44N4O6S2/c1-2-19(29-23(33)13-6-4-10-16-39-21-18-25(35)31-27(21)37)11-7-8-14-28-22(32)12-5-3-9-15-38-20-17-24(34)30-26(20)36/h19-21H,2-18H2,1H3,(H,28,32)(H,29,33)(H,30,34,36)(H,31,35,37)/t19-,20?,21?/m1/s1. The molecule has 2 saturated heterocycles. The molecule has 12 heteroatoms. The van der Waals surface area contributed by atoms with E-state index in [1.165, 1.54) is 23.5 Å². The van der Waals surface area contributed by atoms with Crippen LogP contribution in [-0.4, -0.2) is 70.0 Å². The minimum atomic E-state index is -0.261. The largest absolute Gasteiger partial charge is 0.356 e. The zero-order valence-corrected chi connectivity index (χ0v) is 24.7. The van der Waals surface area contributed by atoms with Crippen molar-refractivity contribution in [3.63, 3.8) is 0 Å². The van der Waals surface area contributed by atoms with Crippen molar-refractivity contribution in [1.82, 2.24) is 21.3 Å². The van der Waals surface area contributed by atoms with E-state index in [2.05, 4.69) is 28.2 Å². The van der Waals surface area contributed by atoms with Crippen molar-refractivity contribution in [1.29, 1.82) is 0 Å². The van der Waals surface area contributed by atoms with Crippen LogP contribution in [0.15, 0.2) is 0 Å². The Balaban J connectivity index is 1.38. The van der Waals surface area contributed by atoms with E-state index in [4.69, 9.17) is 0 Å².